The second-order valence-corrected chi connectivity index (χ2v) is 6.76. The number of nitrogens with zero attached hydrogens (tertiary/aromatic N) is 1. The average Bonchev–Trinajstić information content (AvgIpc) is 2.67. The molecule has 0 bridgehead atoms. The fourth-order valence-corrected chi connectivity index (χ4v) is 5.19. The van der Waals surface area contributed by atoms with Crippen LogP contribution in [0.25, 0.3) is 0 Å². The zero-order valence-corrected chi connectivity index (χ0v) is 10.6. The Kier molecular flexibility index (Phi) is 1.89. The molecule has 0 radical (unpaired) electrons. The van der Waals surface area contributed by atoms with Crippen molar-refractivity contribution in [2.75, 3.05) is 0 Å². The summed E-state index contributed by atoms with van der Waals surface area (Å²) >= 11 is 0. The smallest absolute Gasteiger partial charge is 0.0218 e. The predicted octanol–water partition coefficient (Wildman–Crippen LogP) is 3.73. The fourth-order valence-electron chi connectivity index (χ4n) is 5.19. The van der Waals surface area contributed by atoms with Gasteiger partial charge in [-0.05, 0) is 65.2 Å². The van der Waals surface area contributed by atoms with Gasteiger partial charge in [-0.2, -0.15) is 0 Å². The zero-order valence-electron chi connectivity index (χ0n) is 10.6. The van der Waals surface area contributed by atoms with Crippen LogP contribution in [-0.4, -0.2) is 21.5 Å². The summed E-state index contributed by atoms with van der Waals surface area (Å²) in [5.41, 5.74) is 1.71. The third kappa shape index (κ3) is 1.08. The van der Waals surface area contributed by atoms with E-state index in [0.717, 1.165) is 0 Å². The van der Waals surface area contributed by atoms with Gasteiger partial charge >= 0.3 is 0 Å². The van der Waals surface area contributed by atoms with Gasteiger partial charge in [-0.15, -0.1) is 0 Å². The molecule has 0 aromatic heterocycles. The topological polar surface area (TPSA) is 3.24 Å². The normalized spacial score (nSPS) is 54.6. The van der Waals surface area contributed by atoms with E-state index in [9.17, 15) is 0 Å². The highest BCUT2D eigenvalue weighted by molar-refractivity contribution is 5.18. The van der Waals surface area contributed by atoms with Crippen LogP contribution in [0.15, 0.2) is 0 Å². The molecule has 0 N–H and O–H groups in total. The van der Waals surface area contributed by atoms with E-state index in [1.165, 1.54) is 51.4 Å². The van der Waals surface area contributed by atoms with Crippen molar-refractivity contribution in [2.45, 2.75) is 88.8 Å². The lowest BCUT2D eigenvalue weighted by atomic mass is 9.76. The van der Waals surface area contributed by atoms with Crippen molar-refractivity contribution in [1.82, 2.24) is 4.90 Å². The van der Waals surface area contributed by atoms with Crippen molar-refractivity contribution in [3.05, 3.63) is 0 Å². The van der Waals surface area contributed by atoms with Crippen molar-refractivity contribution in [3.63, 3.8) is 0 Å². The van der Waals surface area contributed by atoms with Gasteiger partial charge < -0.3 is 0 Å². The highest BCUT2D eigenvalue weighted by Crippen LogP contribution is 2.60. The Morgan fingerprint density at radius 3 is 2.13 bits per heavy atom. The monoisotopic (exact) mass is 207 g/mol. The van der Waals surface area contributed by atoms with E-state index in [2.05, 4.69) is 25.7 Å². The standard InChI is InChI=1S/C14H25N/c1-4-14-7-5-6-12(2)8-9-13(3,10-11-14)15(12)14/h4-11H2,1-3H3. The first-order chi connectivity index (χ1) is 7.05. The van der Waals surface area contributed by atoms with Crippen LogP contribution >= 0.6 is 0 Å². The maximum Gasteiger partial charge on any atom is 0.0218 e. The molecule has 0 aromatic rings. The van der Waals surface area contributed by atoms with Gasteiger partial charge in [-0.3, -0.25) is 4.90 Å². The van der Waals surface area contributed by atoms with Crippen molar-refractivity contribution in [1.29, 1.82) is 0 Å². The van der Waals surface area contributed by atoms with Crippen LogP contribution in [0.5, 0.6) is 0 Å². The van der Waals surface area contributed by atoms with Crippen LogP contribution in [0.4, 0.5) is 0 Å². The van der Waals surface area contributed by atoms with E-state index < -0.39 is 0 Å². The van der Waals surface area contributed by atoms with Gasteiger partial charge in [0, 0.05) is 16.6 Å². The molecule has 0 amide bonds. The molecule has 3 atom stereocenters. The number of hydrogen-bond acceptors (Lipinski definition) is 1. The Labute approximate surface area is 94.2 Å². The second-order valence-electron chi connectivity index (χ2n) is 6.76. The van der Waals surface area contributed by atoms with Crippen LogP contribution in [0.2, 0.25) is 0 Å². The summed E-state index contributed by atoms with van der Waals surface area (Å²) in [5, 5.41) is 0. The maximum absolute atomic E-state index is 2.98. The van der Waals surface area contributed by atoms with E-state index in [4.69, 9.17) is 0 Å². The van der Waals surface area contributed by atoms with Gasteiger partial charge in [-0.1, -0.05) is 6.92 Å². The van der Waals surface area contributed by atoms with Crippen LogP contribution < -0.4 is 0 Å². The summed E-state index contributed by atoms with van der Waals surface area (Å²) in [7, 11) is 0. The SMILES string of the molecule is CCC12CCCC3(C)CCC(C)(CC1)N32. The Bertz CT molecular complexity index is 287. The number of piperidine rings is 1. The lowest BCUT2D eigenvalue weighted by Crippen LogP contribution is -2.60. The van der Waals surface area contributed by atoms with E-state index >= 15 is 0 Å². The highest BCUT2D eigenvalue weighted by atomic mass is 15.4. The third-order valence-electron chi connectivity index (χ3n) is 5.90. The molecule has 0 saturated carbocycles. The Hall–Kier alpha value is -0.0400. The Balaban J connectivity index is 2.06. The summed E-state index contributed by atoms with van der Waals surface area (Å²) in [4.78, 5) is 2.98. The number of hydrogen-bond donors (Lipinski definition) is 0. The predicted molar refractivity (Wildman–Crippen MR) is 64.0 cm³/mol. The maximum atomic E-state index is 2.98. The largest absolute Gasteiger partial charge is 0.287 e. The fraction of sp³-hybridized carbons (Fsp3) is 1.00. The van der Waals surface area contributed by atoms with Gasteiger partial charge in [0.05, 0.1) is 0 Å². The first kappa shape index (κ1) is 10.1. The van der Waals surface area contributed by atoms with Gasteiger partial charge in [0.1, 0.15) is 0 Å². The van der Waals surface area contributed by atoms with Crippen LogP contribution in [0, 0.1) is 0 Å². The van der Waals surface area contributed by atoms with E-state index in [0.29, 0.717) is 16.6 Å². The Morgan fingerprint density at radius 2 is 1.47 bits per heavy atom. The molecule has 3 rings (SSSR count). The molecule has 15 heavy (non-hydrogen) atoms. The van der Waals surface area contributed by atoms with E-state index in [1.807, 2.05) is 0 Å². The van der Waals surface area contributed by atoms with Gasteiger partial charge in [0.25, 0.3) is 0 Å². The lowest BCUT2D eigenvalue weighted by molar-refractivity contribution is -0.0460. The number of rotatable bonds is 1. The summed E-state index contributed by atoms with van der Waals surface area (Å²) in [5.74, 6) is 0. The minimum absolute atomic E-state index is 0.555. The minimum Gasteiger partial charge on any atom is -0.287 e. The molecule has 86 valence electrons. The van der Waals surface area contributed by atoms with Crippen molar-refractivity contribution < 1.29 is 0 Å². The first-order valence-electron chi connectivity index (χ1n) is 6.85. The lowest BCUT2D eigenvalue weighted by Gasteiger charge is -2.54. The van der Waals surface area contributed by atoms with Crippen LogP contribution in [0.3, 0.4) is 0 Å². The molecule has 3 fully saturated rings. The molecule has 0 aliphatic carbocycles. The molecule has 1 heteroatoms. The average molecular weight is 207 g/mol. The molecular formula is C14H25N. The van der Waals surface area contributed by atoms with Crippen molar-refractivity contribution in [3.8, 4) is 0 Å². The highest BCUT2D eigenvalue weighted by Gasteiger charge is 2.62. The van der Waals surface area contributed by atoms with Gasteiger partial charge in [0.15, 0.2) is 0 Å². The Morgan fingerprint density at radius 1 is 0.867 bits per heavy atom. The first-order valence-corrected chi connectivity index (χ1v) is 6.85. The van der Waals surface area contributed by atoms with Gasteiger partial charge in [-0.25, -0.2) is 0 Å². The molecule has 0 aromatic carbocycles. The molecule has 3 aliphatic heterocycles. The summed E-state index contributed by atoms with van der Waals surface area (Å²) < 4.78 is 0. The summed E-state index contributed by atoms with van der Waals surface area (Å²) in [6, 6.07) is 0. The zero-order chi connectivity index (χ0) is 10.7. The van der Waals surface area contributed by atoms with Gasteiger partial charge in [0.2, 0.25) is 0 Å². The third-order valence-corrected chi connectivity index (χ3v) is 5.90. The molecule has 0 spiro atoms. The molecule has 3 unspecified atom stereocenters. The quantitative estimate of drug-likeness (QED) is 0.633. The van der Waals surface area contributed by atoms with E-state index in [1.54, 1.807) is 0 Å². The summed E-state index contributed by atoms with van der Waals surface area (Å²) in [6.07, 6.45) is 11.6. The molecule has 3 heterocycles. The molecule has 1 nitrogen and oxygen atoms in total. The minimum atomic E-state index is 0.555. The molecule has 3 saturated heterocycles. The van der Waals surface area contributed by atoms with Crippen LogP contribution in [-0.2, 0) is 0 Å². The molecular weight excluding hydrogens is 182 g/mol. The van der Waals surface area contributed by atoms with E-state index in [-0.39, 0.29) is 0 Å². The van der Waals surface area contributed by atoms with Crippen molar-refractivity contribution in [2.24, 2.45) is 0 Å². The van der Waals surface area contributed by atoms with Crippen LogP contribution in [0.1, 0.15) is 72.1 Å². The summed E-state index contributed by atoms with van der Waals surface area (Å²) in [6.45, 7) is 7.48. The van der Waals surface area contributed by atoms with Crippen molar-refractivity contribution >= 4 is 0 Å². The molecule has 3 aliphatic rings. The second kappa shape index (κ2) is 2.80.